The van der Waals surface area contributed by atoms with E-state index in [0.29, 0.717) is 5.89 Å². The predicted molar refractivity (Wildman–Crippen MR) is 92.5 cm³/mol. The lowest BCUT2D eigenvalue weighted by Crippen LogP contribution is -2.17. The Morgan fingerprint density at radius 2 is 1.91 bits per heavy atom. The van der Waals surface area contributed by atoms with E-state index in [9.17, 15) is 0 Å². The van der Waals surface area contributed by atoms with Crippen LogP contribution in [-0.4, -0.2) is 40.2 Å². The number of aromatic nitrogens is 3. The van der Waals surface area contributed by atoms with Gasteiger partial charge in [-0.2, -0.15) is 4.98 Å². The van der Waals surface area contributed by atoms with Crippen LogP contribution in [0.25, 0.3) is 22.4 Å². The van der Waals surface area contributed by atoms with E-state index >= 15 is 0 Å². The standard InChI is InChI=1S/C18H24N4O/c1-18(2,3)17-19-16(23-20-17)14-12-22(11-10-21(4)5)15-9-7-6-8-13(14)15/h6-9,12H,10-11H2,1-5H3. The fourth-order valence-corrected chi connectivity index (χ4v) is 2.55. The highest BCUT2D eigenvalue weighted by Crippen LogP contribution is 2.31. The number of nitrogens with zero attached hydrogens (tertiary/aromatic N) is 4. The normalized spacial score (nSPS) is 12.4. The molecule has 0 saturated heterocycles. The first kappa shape index (κ1) is 15.7. The largest absolute Gasteiger partial charge is 0.345 e. The van der Waals surface area contributed by atoms with E-state index in [2.05, 4.69) is 78.9 Å². The molecule has 0 unspecified atom stereocenters. The number of hydrogen-bond acceptors (Lipinski definition) is 4. The third-order valence-electron chi connectivity index (χ3n) is 3.90. The van der Waals surface area contributed by atoms with Crippen LogP contribution in [0.5, 0.6) is 0 Å². The molecule has 5 nitrogen and oxygen atoms in total. The van der Waals surface area contributed by atoms with Gasteiger partial charge in [0.15, 0.2) is 5.82 Å². The van der Waals surface area contributed by atoms with E-state index in [1.165, 1.54) is 5.52 Å². The van der Waals surface area contributed by atoms with E-state index in [-0.39, 0.29) is 5.41 Å². The molecular formula is C18H24N4O. The summed E-state index contributed by atoms with van der Waals surface area (Å²) >= 11 is 0. The molecular weight excluding hydrogens is 288 g/mol. The number of likely N-dealkylation sites (N-methyl/N-ethyl adjacent to an activating group) is 1. The summed E-state index contributed by atoms with van der Waals surface area (Å²) in [7, 11) is 4.17. The number of fused-ring (bicyclic) bond motifs is 1. The average molecular weight is 312 g/mol. The number of benzene rings is 1. The molecule has 0 fully saturated rings. The number of rotatable bonds is 4. The van der Waals surface area contributed by atoms with E-state index in [0.717, 1.165) is 29.9 Å². The molecule has 1 aromatic carbocycles. The van der Waals surface area contributed by atoms with Gasteiger partial charge < -0.3 is 14.0 Å². The van der Waals surface area contributed by atoms with E-state index < -0.39 is 0 Å². The lowest BCUT2D eigenvalue weighted by molar-refractivity contribution is 0.386. The lowest BCUT2D eigenvalue weighted by atomic mass is 9.96. The maximum Gasteiger partial charge on any atom is 0.260 e. The topological polar surface area (TPSA) is 47.1 Å². The Kier molecular flexibility index (Phi) is 3.98. The van der Waals surface area contributed by atoms with Crippen LogP contribution in [0, 0.1) is 0 Å². The van der Waals surface area contributed by atoms with E-state index in [1.54, 1.807) is 0 Å². The van der Waals surface area contributed by atoms with Crippen molar-refractivity contribution in [2.24, 2.45) is 0 Å². The lowest BCUT2D eigenvalue weighted by Gasteiger charge is -2.11. The van der Waals surface area contributed by atoms with Gasteiger partial charge in [-0.3, -0.25) is 0 Å². The molecule has 0 aliphatic heterocycles. The minimum Gasteiger partial charge on any atom is -0.345 e. The third kappa shape index (κ3) is 3.15. The molecule has 0 aliphatic carbocycles. The maximum absolute atomic E-state index is 5.54. The average Bonchev–Trinajstić information content (AvgIpc) is 3.09. The van der Waals surface area contributed by atoms with Crippen LogP contribution in [0.15, 0.2) is 35.0 Å². The van der Waals surface area contributed by atoms with Gasteiger partial charge in [0, 0.05) is 35.6 Å². The van der Waals surface area contributed by atoms with Gasteiger partial charge in [-0.1, -0.05) is 44.1 Å². The molecule has 0 radical (unpaired) electrons. The van der Waals surface area contributed by atoms with E-state index in [4.69, 9.17) is 4.52 Å². The van der Waals surface area contributed by atoms with Crippen LogP contribution in [-0.2, 0) is 12.0 Å². The van der Waals surface area contributed by atoms with Crippen molar-refractivity contribution in [2.45, 2.75) is 32.7 Å². The van der Waals surface area contributed by atoms with Crippen LogP contribution >= 0.6 is 0 Å². The van der Waals surface area contributed by atoms with E-state index in [1.807, 2.05) is 6.07 Å². The van der Waals surface area contributed by atoms with Crippen LogP contribution < -0.4 is 0 Å². The Balaban J connectivity index is 2.05. The summed E-state index contributed by atoms with van der Waals surface area (Å²) < 4.78 is 7.79. The van der Waals surface area contributed by atoms with Crippen molar-refractivity contribution in [1.82, 2.24) is 19.6 Å². The highest BCUT2D eigenvalue weighted by atomic mass is 16.5. The molecule has 2 aromatic heterocycles. The quantitative estimate of drug-likeness (QED) is 0.739. The van der Waals surface area contributed by atoms with Crippen molar-refractivity contribution in [3.63, 3.8) is 0 Å². The van der Waals surface area contributed by atoms with Crippen LogP contribution in [0.4, 0.5) is 0 Å². The molecule has 0 saturated carbocycles. The summed E-state index contributed by atoms with van der Waals surface area (Å²) in [6.07, 6.45) is 2.12. The molecule has 0 N–H and O–H groups in total. The minimum atomic E-state index is -0.120. The third-order valence-corrected chi connectivity index (χ3v) is 3.90. The van der Waals surface area contributed by atoms with Crippen molar-refractivity contribution in [3.8, 4) is 11.5 Å². The molecule has 23 heavy (non-hydrogen) atoms. The summed E-state index contributed by atoms with van der Waals surface area (Å²) in [6.45, 7) is 8.16. The smallest absolute Gasteiger partial charge is 0.260 e. The van der Waals surface area contributed by atoms with Gasteiger partial charge in [0.25, 0.3) is 5.89 Å². The van der Waals surface area contributed by atoms with Crippen LogP contribution in [0.2, 0.25) is 0 Å². The van der Waals surface area contributed by atoms with Crippen LogP contribution in [0.3, 0.4) is 0 Å². The Labute approximate surface area is 136 Å². The molecule has 3 rings (SSSR count). The minimum absolute atomic E-state index is 0.120. The molecule has 2 heterocycles. The number of para-hydroxylation sites is 1. The monoisotopic (exact) mass is 312 g/mol. The fourth-order valence-electron chi connectivity index (χ4n) is 2.55. The molecule has 3 aromatic rings. The van der Waals surface area contributed by atoms with Crippen LogP contribution in [0.1, 0.15) is 26.6 Å². The zero-order valence-electron chi connectivity index (χ0n) is 14.5. The van der Waals surface area contributed by atoms with Crippen molar-refractivity contribution in [1.29, 1.82) is 0 Å². The van der Waals surface area contributed by atoms with Crippen molar-refractivity contribution >= 4 is 10.9 Å². The summed E-state index contributed by atoms with van der Waals surface area (Å²) in [5.74, 6) is 1.33. The predicted octanol–water partition coefficient (Wildman–Crippen LogP) is 3.55. The Morgan fingerprint density at radius 3 is 2.57 bits per heavy atom. The Hall–Kier alpha value is -2.14. The van der Waals surface area contributed by atoms with Crippen molar-refractivity contribution in [2.75, 3.05) is 20.6 Å². The SMILES string of the molecule is CN(C)CCn1cc(-c2nc(C(C)(C)C)no2)c2ccccc21. The van der Waals surface area contributed by atoms with Gasteiger partial charge in [0.1, 0.15) is 0 Å². The summed E-state index contributed by atoms with van der Waals surface area (Å²) in [5.41, 5.74) is 2.08. The Bertz CT molecular complexity index is 808. The van der Waals surface area contributed by atoms with Gasteiger partial charge in [0.2, 0.25) is 0 Å². The Morgan fingerprint density at radius 1 is 1.17 bits per heavy atom. The molecule has 122 valence electrons. The molecule has 0 amide bonds. The molecule has 5 heteroatoms. The second-order valence-electron chi connectivity index (χ2n) is 7.23. The van der Waals surface area contributed by atoms with Gasteiger partial charge in [-0.15, -0.1) is 0 Å². The van der Waals surface area contributed by atoms with Gasteiger partial charge in [-0.05, 0) is 20.2 Å². The van der Waals surface area contributed by atoms with Gasteiger partial charge in [-0.25, -0.2) is 0 Å². The molecule has 0 spiro atoms. The second-order valence-corrected chi connectivity index (χ2v) is 7.23. The second kappa shape index (κ2) is 5.81. The zero-order chi connectivity index (χ0) is 16.6. The summed E-state index contributed by atoms with van der Waals surface area (Å²) in [6, 6.07) is 8.35. The highest BCUT2D eigenvalue weighted by Gasteiger charge is 2.23. The number of hydrogen-bond donors (Lipinski definition) is 0. The van der Waals surface area contributed by atoms with Crippen molar-refractivity contribution < 1.29 is 4.52 Å². The molecule has 0 bridgehead atoms. The van der Waals surface area contributed by atoms with Gasteiger partial charge >= 0.3 is 0 Å². The fraction of sp³-hybridized carbons (Fsp3) is 0.444. The molecule has 0 aliphatic rings. The first-order valence-corrected chi connectivity index (χ1v) is 7.93. The first-order valence-electron chi connectivity index (χ1n) is 7.93. The summed E-state index contributed by atoms with van der Waals surface area (Å²) in [5, 5.41) is 5.30. The first-order chi connectivity index (χ1) is 10.9. The maximum atomic E-state index is 5.54. The van der Waals surface area contributed by atoms with Gasteiger partial charge in [0.05, 0.1) is 5.56 Å². The highest BCUT2D eigenvalue weighted by molar-refractivity contribution is 5.94. The summed E-state index contributed by atoms with van der Waals surface area (Å²) in [4.78, 5) is 6.79. The van der Waals surface area contributed by atoms with Crippen molar-refractivity contribution in [3.05, 3.63) is 36.3 Å². The molecule has 0 atom stereocenters. The zero-order valence-corrected chi connectivity index (χ0v) is 14.5.